The zero-order valence-corrected chi connectivity index (χ0v) is 7.75. The predicted octanol–water partition coefficient (Wildman–Crippen LogP) is 0.405. The Morgan fingerprint density at radius 2 is 2.08 bits per heavy atom. The van der Waals surface area contributed by atoms with Crippen molar-refractivity contribution in [2.75, 3.05) is 0 Å². The molecule has 2 N–H and O–H groups in total. The van der Waals surface area contributed by atoms with Gasteiger partial charge in [0.25, 0.3) is 0 Å². The number of carbonyl (C=O) groups excluding carboxylic acids is 1. The molecule has 3 atom stereocenters. The Hall–Kier alpha value is -0.570. The van der Waals surface area contributed by atoms with E-state index < -0.39 is 0 Å². The number of amides is 1. The minimum atomic E-state index is 0.277. The standard InChI is InChI=1S/C10H16N2O/c13-10(12-6-1-2-6)8-5-7-3-4-9(8)11-7/h6-9,11H,1-5H2,(H,12,13). The summed E-state index contributed by atoms with van der Waals surface area (Å²) < 4.78 is 0. The average molecular weight is 180 g/mol. The molecular formula is C10H16N2O. The maximum atomic E-state index is 11.7. The second kappa shape index (κ2) is 2.71. The van der Waals surface area contributed by atoms with Gasteiger partial charge in [-0.1, -0.05) is 0 Å². The summed E-state index contributed by atoms with van der Waals surface area (Å²) in [6.45, 7) is 0. The summed E-state index contributed by atoms with van der Waals surface area (Å²) >= 11 is 0. The van der Waals surface area contributed by atoms with Crippen LogP contribution in [0.2, 0.25) is 0 Å². The molecule has 0 radical (unpaired) electrons. The van der Waals surface area contributed by atoms with Crippen LogP contribution in [0.5, 0.6) is 0 Å². The molecule has 2 heterocycles. The van der Waals surface area contributed by atoms with Gasteiger partial charge in [-0.2, -0.15) is 0 Å². The first-order chi connectivity index (χ1) is 6.33. The Labute approximate surface area is 78.3 Å². The van der Waals surface area contributed by atoms with Gasteiger partial charge in [0.2, 0.25) is 5.91 Å². The maximum Gasteiger partial charge on any atom is 0.224 e. The topological polar surface area (TPSA) is 41.1 Å². The zero-order chi connectivity index (χ0) is 8.84. The van der Waals surface area contributed by atoms with E-state index in [4.69, 9.17) is 0 Å². The van der Waals surface area contributed by atoms with Gasteiger partial charge in [-0.25, -0.2) is 0 Å². The lowest BCUT2D eigenvalue weighted by Crippen LogP contribution is -2.38. The highest BCUT2D eigenvalue weighted by molar-refractivity contribution is 5.80. The zero-order valence-electron chi connectivity index (χ0n) is 7.75. The molecule has 0 aromatic carbocycles. The first kappa shape index (κ1) is 7.80. The van der Waals surface area contributed by atoms with Crippen LogP contribution < -0.4 is 10.6 Å². The summed E-state index contributed by atoms with van der Waals surface area (Å²) in [4.78, 5) is 11.7. The Balaban J connectivity index is 1.61. The van der Waals surface area contributed by atoms with Gasteiger partial charge in [-0.05, 0) is 32.1 Å². The highest BCUT2D eigenvalue weighted by atomic mass is 16.2. The number of fused-ring (bicyclic) bond motifs is 2. The maximum absolute atomic E-state index is 11.7. The molecule has 3 fully saturated rings. The molecule has 1 aliphatic carbocycles. The number of nitrogens with one attached hydrogen (secondary N) is 2. The summed E-state index contributed by atoms with van der Waals surface area (Å²) in [5.41, 5.74) is 0. The SMILES string of the molecule is O=C(NC1CC1)C1CC2CCC1N2. The minimum absolute atomic E-state index is 0.277. The summed E-state index contributed by atoms with van der Waals surface area (Å²) in [6.07, 6.45) is 5.94. The number of carbonyl (C=O) groups is 1. The van der Waals surface area contributed by atoms with Crippen molar-refractivity contribution in [3.63, 3.8) is 0 Å². The van der Waals surface area contributed by atoms with E-state index in [1.165, 1.54) is 25.7 Å². The lowest BCUT2D eigenvalue weighted by molar-refractivity contribution is -0.125. The van der Waals surface area contributed by atoms with Crippen molar-refractivity contribution in [2.45, 2.75) is 50.2 Å². The quantitative estimate of drug-likeness (QED) is 0.646. The van der Waals surface area contributed by atoms with Crippen molar-refractivity contribution in [3.05, 3.63) is 0 Å². The Morgan fingerprint density at radius 3 is 2.62 bits per heavy atom. The van der Waals surface area contributed by atoms with Crippen LogP contribution in [0.4, 0.5) is 0 Å². The molecule has 0 spiro atoms. The van der Waals surface area contributed by atoms with Crippen LogP contribution in [0.25, 0.3) is 0 Å². The molecule has 0 aromatic rings. The molecule has 2 aliphatic heterocycles. The first-order valence-corrected chi connectivity index (χ1v) is 5.39. The van der Waals surface area contributed by atoms with Crippen molar-refractivity contribution in [3.8, 4) is 0 Å². The molecule has 0 aromatic heterocycles. The van der Waals surface area contributed by atoms with E-state index in [-0.39, 0.29) is 5.92 Å². The van der Waals surface area contributed by atoms with Gasteiger partial charge in [0, 0.05) is 18.1 Å². The summed E-state index contributed by atoms with van der Waals surface area (Å²) in [5.74, 6) is 0.585. The van der Waals surface area contributed by atoms with Gasteiger partial charge in [-0.3, -0.25) is 4.79 Å². The molecule has 3 unspecified atom stereocenters. The number of hydrogen-bond acceptors (Lipinski definition) is 2. The van der Waals surface area contributed by atoms with Crippen molar-refractivity contribution in [2.24, 2.45) is 5.92 Å². The molecule has 2 saturated heterocycles. The number of hydrogen-bond donors (Lipinski definition) is 2. The smallest absolute Gasteiger partial charge is 0.224 e. The lowest BCUT2D eigenvalue weighted by Gasteiger charge is -2.19. The van der Waals surface area contributed by atoms with Crippen LogP contribution in [0.3, 0.4) is 0 Å². The van der Waals surface area contributed by atoms with Crippen molar-refractivity contribution >= 4 is 5.91 Å². The van der Waals surface area contributed by atoms with Gasteiger partial charge in [0.1, 0.15) is 0 Å². The molecule has 13 heavy (non-hydrogen) atoms. The fourth-order valence-corrected chi connectivity index (χ4v) is 2.65. The van der Waals surface area contributed by atoms with Gasteiger partial charge in [0.05, 0.1) is 5.92 Å². The minimum Gasteiger partial charge on any atom is -0.353 e. The monoisotopic (exact) mass is 180 g/mol. The molecule has 2 bridgehead atoms. The fourth-order valence-electron chi connectivity index (χ4n) is 2.65. The van der Waals surface area contributed by atoms with Crippen LogP contribution in [0.1, 0.15) is 32.1 Å². The summed E-state index contributed by atoms with van der Waals surface area (Å²) in [6, 6.07) is 1.65. The molecule has 3 aliphatic rings. The van der Waals surface area contributed by atoms with Gasteiger partial charge in [0.15, 0.2) is 0 Å². The van der Waals surface area contributed by atoms with E-state index in [2.05, 4.69) is 10.6 Å². The first-order valence-electron chi connectivity index (χ1n) is 5.39. The highest BCUT2D eigenvalue weighted by Gasteiger charge is 2.43. The third-order valence-corrected chi connectivity index (χ3v) is 3.56. The molecule has 3 nitrogen and oxygen atoms in total. The Bertz CT molecular complexity index is 237. The van der Waals surface area contributed by atoms with Crippen LogP contribution in [0, 0.1) is 5.92 Å². The van der Waals surface area contributed by atoms with Crippen LogP contribution >= 0.6 is 0 Å². The molecule has 3 heteroatoms. The second-order valence-electron chi connectivity index (χ2n) is 4.67. The second-order valence-corrected chi connectivity index (χ2v) is 4.67. The van der Waals surface area contributed by atoms with Crippen molar-refractivity contribution < 1.29 is 4.79 Å². The van der Waals surface area contributed by atoms with Crippen LogP contribution in [-0.2, 0) is 4.79 Å². The third kappa shape index (κ3) is 1.35. The van der Waals surface area contributed by atoms with Gasteiger partial charge >= 0.3 is 0 Å². The van der Waals surface area contributed by atoms with E-state index >= 15 is 0 Å². The van der Waals surface area contributed by atoms with E-state index in [1.807, 2.05) is 0 Å². The van der Waals surface area contributed by atoms with E-state index in [9.17, 15) is 4.79 Å². The largest absolute Gasteiger partial charge is 0.353 e. The van der Waals surface area contributed by atoms with Crippen molar-refractivity contribution in [1.82, 2.24) is 10.6 Å². The molecular weight excluding hydrogens is 164 g/mol. The van der Waals surface area contributed by atoms with Crippen LogP contribution in [0.15, 0.2) is 0 Å². The van der Waals surface area contributed by atoms with Crippen LogP contribution in [-0.4, -0.2) is 24.0 Å². The molecule has 1 amide bonds. The highest BCUT2D eigenvalue weighted by Crippen LogP contribution is 2.33. The summed E-state index contributed by atoms with van der Waals surface area (Å²) in [7, 11) is 0. The van der Waals surface area contributed by atoms with E-state index in [1.54, 1.807) is 0 Å². The summed E-state index contributed by atoms with van der Waals surface area (Å²) in [5, 5.41) is 6.59. The lowest BCUT2D eigenvalue weighted by atomic mass is 9.88. The third-order valence-electron chi connectivity index (χ3n) is 3.56. The van der Waals surface area contributed by atoms with Gasteiger partial charge < -0.3 is 10.6 Å². The molecule has 3 rings (SSSR count). The number of rotatable bonds is 2. The predicted molar refractivity (Wildman–Crippen MR) is 49.2 cm³/mol. The average Bonchev–Trinajstić information content (AvgIpc) is 2.71. The Morgan fingerprint density at radius 1 is 1.23 bits per heavy atom. The van der Waals surface area contributed by atoms with E-state index in [0.29, 0.717) is 24.0 Å². The Kier molecular flexibility index (Phi) is 1.62. The van der Waals surface area contributed by atoms with E-state index in [0.717, 1.165) is 6.42 Å². The molecule has 1 saturated carbocycles. The van der Waals surface area contributed by atoms with Gasteiger partial charge in [-0.15, -0.1) is 0 Å². The fraction of sp³-hybridized carbons (Fsp3) is 0.900. The normalized spacial score (nSPS) is 42.3. The molecule has 72 valence electrons. The van der Waals surface area contributed by atoms with Crippen molar-refractivity contribution in [1.29, 1.82) is 0 Å².